The zero-order valence-electron chi connectivity index (χ0n) is 11.0. The summed E-state index contributed by atoms with van der Waals surface area (Å²) < 4.78 is 0. The van der Waals surface area contributed by atoms with Crippen LogP contribution in [0.3, 0.4) is 0 Å². The monoisotopic (exact) mass is 435 g/mol. The summed E-state index contributed by atoms with van der Waals surface area (Å²) in [6.07, 6.45) is 1.95. The Bertz CT molecular complexity index is 928. The predicted molar refractivity (Wildman–Crippen MR) is 80.3 cm³/mol. The maximum absolute atomic E-state index is 4.65. The molecule has 4 aromatic rings. The Hall–Kier alpha value is -1.76. The van der Waals surface area contributed by atoms with Crippen molar-refractivity contribution in [2.24, 2.45) is 0 Å². The molecule has 0 saturated heterocycles. The van der Waals surface area contributed by atoms with Crippen LogP contribution in [0.5, 0.6) is 0 Å². The molecule has 2 heteroatoms. The van der Waals surface area contributed by atoms with Crippen molar-refractivity contribution in [3.05, 3.63) is 66.4 Å². The van der Waals surface area contributed by atoms with Crippen LogP contribution in [0.4, 0.5) is 0 Å². The van der Waals surface area contributed by atoms with Crippen molar-refractivity contribution in [3.8, 4) is 0 Å². The summed E-state index contributed by atoms with van der Waals surface area (Å²) in [7, 11) is 0. The molecule has 1 heterocycles. The van der Waals surface area contributed by atoms with Gasteiger partial charge in [-0.1, -0.05) is 43.3 Å². The summed E-state index contributed by atoms with van der Waals surface area (Å²) in [4.78, 5) is 4.65. The molecule has 0 saturated carbocycles. The summed E-state index contributed by atoms with van der Waals surface area (Å²) >= 11 is 0. The minimum absolute atomic E-state index is 0. The first-order chi connectivity index (χ1) is 9.34. The number of aromatic nitrogens is 1. The summed E-state index contributed by atoms with van der Waals surface area (Å²) in [5.41, 5.74) is 2.31. The number of pyridine rings is 1. The first-order valence-electron chi connectivity index (χ1n) is 6.42. The molecule has 0 fully saturated rings. The van der Waals surface area contributed by atoms with Gasteiger partial charge in [0, 0.05) is 26.3 Å². The summed E-state index contributed by atoms with van der Waals surface area (Å²) in [6, 6.07) is 20.1. The van der Waals surface area contributed by atoms with Gasteiger partial charge < -0.3 is 4.98 Å². The number of hydrogen-bond acceptors (Lipinski definition) is 1. The van der Waals surface area contributed by atoms with Crippen LogP contribution in [0.25, 0.3) is 32.4 Å². The van der Waals surface area contributed by atoms with E-state index in [1.807, 2.05) is 18.3 Å². The second-order valence-electron chi connectivity index (χ2n) is 4.89. The molecule has 1 aromatic heterocycles. The van der Waals surface area contributed by atoms with Crippen LogP contribution < -0.4 is 0 Å². The molecule has 1 nitrogen and oxygen atoms in total. The molecule has 0 spiro atoms. The van der Waals surface area contributed by atoms with E-state index < -0.39 is 0 Å². The molecule has 0 aliphatic rings. The second kappa shape index (κ2) is 4.97. The zero-order chi connectivity index (χ0) is 12.8. The predicted octanol–water partition coefficient (Wildman–Crippen LogP) is 4.65. The van der Waals surface area contributed by atoms with Crippen molar-refractivity contribution < 1.29 is 20.1 Å². The quantitative estimate of drug-likeness (QED) is 0.290. The minimum atomic E-state index is 0. The summed E-state index contributed by atoms with van der Waals surface area (Å²) in [5, 5.41) is 5.99. The Labute approximate surface area is 131 Å². The first-order valence-corrected chi connectivity index (χ1v) is 6.42. The standard InChI is InChI=1S/C18H12N.Ir/c1-12-5-4-8-16-14(12)9-10-17-15-7-3-2-6-13(15)11-19-18(16)17;/h2-7,9-11H,1H3;/q-1;. The molecule has 0 amide bonds. The van der Waals surface area contributed by atoms with E-state index >= 15 is 0 Å². The van der Waals surface area contributed by atoms with Gasteiger partial charge in [0.05, 0.1) is 0 Å². The van der Waals surface area contributed by atoms with E-state index in [0.717, 1.165) is 10.9 Å². The van der Waals surface area contributed by atoms with E-state index in [-0.39, 0.29) is 20.1 Å². The number of benzene rings is 3. The second-order valence-corrected chi connectivity index (χ2v) is 4.89. The van der Waals surface area contributed by atoms with Gasteiger partial charge in [-0.3, -0.25) is 0 Å². The number of fused-ring (bicyclic) bond motifs is 5. The van der Waals surface area contributed by atoms with Crippen LogP contribution in [-0.4, -0.2) is 4.98 Å². The molecule has 0 unspecified atom stereocenters. The van der Waals surface area contributed by atoms with Crippen LogP contribution in [0.2, 0.25) is 0 Å². The number of hydrogen-bond donors (Lipinski definition) is 0. The molecule has 0 bridgehead atoms. The summed E-state index contributed by atoms with van der Waals surface area (Å²) in [5.74, 6) is 0. The molecule has 1 radical (unpaired) electrons. The molecule has 20 heavy (non-hydrogen) atoms. The molecule has 0 aliphatic heterocycles. The molecular weight excluding hydrogens is 422 g/mol. The Morgan fingerprint density at radius 2 is 1.70 bits per heavy atom. The van der Waals surface area contributed by atoms with Gasteiger partial charge in [-0.05, 0) is 21.7 Å². The molecule has 0 N–H and O–H groups in total. The summed E-state index contributed by atoms with van der Waals surface area (Å²) in [6.45, 7) is 2.13. The zero-order valence-corrected chi connectivity index (χ0v) is 13.4. The van der Waals surface area contributed by atoms with E-state index in [2.05, 4.69) is 54.4 Å². The minimum Gasteiger partial charge on any atom is -0.303 e. The maximum Gasteiger partial charge on any atom is 0.0239 e. The van der Waals surface area contributed by atoms with Crippen molar-refractivity contribution in [1.82, 2.24) is 4.98 Å². The van der Waals surface area contributed by atoms with E-state index in [1.54, 1.807) is 0 Å². The molecular formula is C18H12IrN-. The van der Waals surface area contributed by atoms with Gasteiger partial charge in [0.2, 0.25) is 0 Å². The van der Waals surface area contributed by atoms with Gasteiger partial charge in [-0.2, -0.15) is 0 Å². The molecule has 4 rings (SSSR count). The Morgan fingerprint density at radius 3 is 2.60 bits per heavy atom. The number of rotatable bonds is 0. The van der Waals surface area contributed by atoms with Gasteiger partial charge in [0.15, 0.2) is 0 Å². The van der Waals surface area contributed by atoms with Crippen molar-refractivity contribution in [3.63, 3.8) is 0 Å². The van der Waals surface area contributed by atoms with Crippen LogP contribution in [0.15, 0.2) is 54.7 Å². The number of nitrogens with zero attached hydrogens (tertiary/aromatic N) is 1. The van der Waals surface area contributed by atoms with Gasteiger partial charge in [0.25, 0.3) is 0 Å². The fourth-order valence-corrected chi connectivity index (χ4v) is 2.75. The van der Waals surface area contributed by atoms with E-state index in [9.17, 15) is 0 Å². The Balaban J connectivity index is 0.00000121. The van der Waals surface area contributed by atoms with Gasteiger partial charge in [-0.15, -0.1) is 34.5 Å². The van der Waals surface area contributed by atoms with E-state index in [1.165, 1.54) is 27.1 Å². The average Bonchev–Trinajstić information content (AvgIpc) is 2.47. The Kier molecular flexibility index (Phi) is 3.29. The number of aryl methyl sites for hydroxylation is 1. The van der Waals surface area contributed by atoms with Crippen molar-refractivity contribution >= 4 is 32.4 Å². The molecule has 3 aromatic carbocycles. The first kappa shape index (κ1) is 13.2. The van der Waals surface area contributed by atoms with Gasteiger partial charge >= 0.3 is 0 Å². The van der Waals surface area contributed by atoms with Gasteiger partial charge in [-0.25, -0.2) is 0 Å². The third kappa shape index (κ3) is 1.84. The SMILES string of the molecule is Cc1cc[c-]c2c1ccc1c3ccccc3cnc21.[Ir]. The van der Waals surface area contributed by atoms with Crippen molar-refractivity contribution in [2.75, 3.05) is 0 Å². The average molecular weight is 435 g/mol. The molecule has 0 aliphatic carbocycles. The van der Waals surface area contributed by atoms with Crippen LogP contribution >= 0.6 is 0 Å². The largest absolute Gasteiger partial charge is 0.303 e. The third-order valence-electron chi connectivity index (χ3n) is 3.75. The molecule has 0 atom stereocenters. The van der Waals surface area contributed by atoms with E-state index in [0.29, 0.717) is 0 Å². The molecule has 99 valence electrons. The smallest absolute Gasteiger partial charge is 0.0239 e. The van der Waals surface area contributed by atoms with Crippen molar-refractivity contribution in [2.45, 2.75) is 6.92 Å². The third-order valence-corrected chi connectivity index (χ3v) is 3.75. The topological polar surface area (TPSA) is 12.9 Å². The Morgan fingerprint density at radius 1 is 0.900 bits per heavy atom. The van der Waals surface area contributed by atoms with Crippen LogP contribution in [-0.2, 0) is 20.1 Å². The fraction of sp³-hybridized carbons (Fsp3) is 0.0556. The van der Waals surface area contributed by atoms with Crippen molar-refractivity contribution in [1.29, 1.82) is 0 Å². The van der Waals surface area contributed by atoms with Crippen LogP contribution in [0, 0.1) is 13.0 Å². The maximum atomic E-state index is 4.65. The van der Waals surface area contributed by atoms with Crippen LogP contribution in [0.1, 0.15) is 5.56 Å². The fourth-order valence-electron chi connectivity index (χ4n) is 2.75. The normalized spacial score (nSPS) is 10.8. The van der Waals surface area contributed by atoms with E-state index in [4.69, 9.17) is 0 Å². The van der Waals surface area contributed by atoms with Gasteiger partial charge in [0.1, 0.15) is 0 Å².